The lowest BCUT2D eigenvalue weighted by Gasteiger charge is -2.20. The van der Waals surface area contributed by atoms with Crippen molar-refractivity contribution in [3.8, 4) is 0 Å². The van der Waals surface area contributed by atoms with Crippen LogP contribution in [0.25, 0.3) is 0 Å². The molecule has 0 aromatic carbocycles. The number of rotatable bonds is 3. The number of carboxylic acids is 1. The highest BCUT2D eigenvalue weighted by molar-refractivity contribution is 9.09. The monoisotopic (exact) mass is 249 g/mol. The van der Waals surface area contributed by atoms with Crippen LogP contribution in [0.4, 0.5) is 0 Å². The maximum absolute atomic E-state index is 11.3. The van der Waals surface area contributed by atoms with Gasteiger partial charge in [-0.2, -0.15) is 0 Å². The molecule has 74 valence electrons. The third-order valence-electron chi connectivity index (χ3n) is 2.28. The first-order valence-electron chi connectivity index (χ1n) is 4.14. The minimum atomic E-state index is -0.941. The molecule has 1 saturated heterocycles. The van der Waals surface area contributed by atoms with Gasteiger partial charge >= 0.3 is 5.97 Å². The first-order valence-corrected chi connectivity index (χ1v) is 5.26. The van der Waals surface area contributed by atoms with Crippen LogP contribution in [0, 0.1) is 5.92 Å². The molecule has 2 unspecified atom stereocenters. The quantitative estimate of drug-likeness (QED) is 0.750. The van der Waals surface area contributed by atoms with Crippen molar-refractivity contribution < 1.29 is 14.7 Å². The SMILES string of the molecule is CC(C(=O)O)N1CC(CBr)CC1=O. The minimum absolute atomic E-state index is 0.0562. The van der Waals surface area contributed by atoms with Gasteiger partial charge < -0.3 is 10.0 Å². The summed E-state index contributed by atoms with van der Waals surface area (Å²) in [6, 6.07) is -0.698. The third kappa shape index (κ3) is 2.21. The topological polar surface area (TPSA) is 57.6 Å². The number of carbonyl (C=O) groups excluding carboxylic acids is 1. The Morgan fingerprint density at radius 3 is 2.85 bits per heavy atom. The van der Waals surface area contributed by atoms with Gasteiger partial charge in [-0.3, -0.25) is 4.79 Å². The van der Waals surface area contributed by atoms with Crippen molar-refractivity contribution in [1.82, 2.24) is 4.90 Å². The standard InChI is InChI=1S/C8H12BrNO3/c1-5(8(12)13)10-4-6(3-9)2-7(10)11/h5-6H,2-4H2,1H3,(H,12,13). The van der Waals surface area contributed by atoms with Crippen LogP contribution in [-0.4, -0.2) is 39.8 Å². The van der Waals surface area contributed by atoms with E-state index >= 15 is 0 Å². The maximum atomic E-state index is 11.3. The summed E-state index contributed by atoms with van der Waals surface area (Å²) >= 11 is 3.29. The number of hydrogen-bond donors (Lipinski definition) is 1. The lowest BCUT2D eigenvalue weighted by Crippen LogP contribution is -2.40. The predicted octanol–water partition coefficient (Wildman–Crippen LogP) is 0.703. The maximum Gasteiger partial charge on any atom is 0.326 e. The number of hydrogen-bond acceptors (Lipinski definition) is 2. The van der Waals surface area contributed by atoms with E-state index in [1.54, 1.807) is 0 Å². The molecule has 1 N–H and O–H groups in total. The zero-order valence-corrected chi connectivity index (χ0v) is 8.95. The Morgan fingerprint density at radius 1 is 1.85 bits per heavy atom. The lowest BCUT2D eigenvalue weighted by atomic mass is 10.2. The van der Waals surface area contributed by atoms with Crippen molar-refractivity contribution in [2.45, 2.75) is 19.4 Å². The van der Waals surface area contributed by atoms with Crippen LogP contribution in [-0.2, 0) is 9.59 Å². The van der Waals surface area contributed by atoms with Gasteiger partial charge in [-0.1, -0.05) is 15.9 Å². The summed E-state index contributed by atoms with van der Waals surface area (Å²) in [6.45, 7) is 2.09. The Hall–Kier alpha value is -0.580. The van der Waals surface area contributed by atoms with Crippen LogP contribution in [0.5, 0.6) is 0 Å². The molecule has 0 radical (unpaired) electrons. The summed E-state index contributed by atoms with van der Waals surface area (Å²) in [4.78, 5) is 23.4. The van der Waals surface area contributed by atoms with Crippen LogP contribution in [0.2, 0.25) is 0 Å². The number of alkyl halides is 1. The molecule has 0 spiro atoms. The molecule has 1 heterocycles. The second kappa shape index (κ2) is 4.09. The molecule has 1 aliphatic rings. The second-order valence-electron chi connectivity index (χ2n) is 3.28. The Kier molecular flexibility index (Phi) is 3.30. The van der Waals surface area contributed by atoms with E-state index in [2.05, 4.69) is 15.9 Å². The average Bonchev–Trinajstić information content (AvgIpc) is 2.45. The van der Waals surface area contributed by atoms with E-state index in [1.165, 1.54) is 11.8 Å². The number of carboxylic acid groups (broad SMARTS) is 1. The predicted molar refractivity (Wildman–Crippen MR) is 50.7 cm³/mol. The summed E-state index contributed by atoms with van der Waals surface area (Å²) in [6.07, 6.45) is 0.461. The minimum Gasteiger partial charge on any atom is -0.480 e. The normalized spacial score (nSPS) is 24.9. The van der Waals surface area contributed by atoms with Gasteiger partial charge in [0.05, 0.1) is 0 Å². The third-order valence-corrected chi connectivity index (χ3v) is 3.20. The van der Waals surface area contributed by atoms with Gasteiger partial charge in [0.15, 0.2) is 0 Å². The molecule has 0 saturated carbocycles. The van der Waals surface area contributed by atoms with Crippen molar-refractivity contribution in [3.63, 3.8) is 0 Å². The van der Waals surface area contributed by atoms with Crippen LogP contribution in [0.3, 0.4) is 0 Å². The second-order valence-corrected chi connectivity index (χ2v) is 3.93. The first-order chi connectivity index (χ1) is 6.06. The Balaban J connectivity index is 2.62. The van der Waals surface area contributed by atoms with E-state index in [1.807, 2.05) is 0 Å². The van der Waals surface area contributed by atoms with Gasteiger partial charge in [0.2, 0.25) is 5.91 Å². The number of aliphatic carboxylic acids is 1. The summed E-state index contributed by atoms with van der Waals surface area (Å²) in [5, 5.41) is 9.47. The molecule has 5 heteroatoms. The number of carbonyl (C=O) groups is 2. The van der Waals surface area contributed by atoms with Crippen molar-refractivity contribution >= 4 is 27.8 Å². The first kappa shape index (κ1) is 10.5. The molecule has 4 nitrogen and oxygen atoms in total. The molecular weight excluding hydrogens is 238 g/mol. The van der Waals surface area contributed by atoms with Crippen LogP contribution >= 0.6 is 15.9 Å². The lowest BCUT2D eigenvalue weighted by molar-refractivity contribution is -0.147. The molecule has 1 fully saturated rings. The molecule has 0 bridgehead atoms. The van der Waals surface area contributed by atoms with Gasteiger partial charge in [-0.15, -0.1) is 0 Å². The average molecular weight is 250 g/mol. The highest BCUT2D eigenvalue weighted by Crippen LogP contribution is 2.21. The molecular formula is C8H12BrNO3. The summed E-state index contributed by atoms with van der Waals surface area (Å²) in [7, 11) is 0. The highest BCUT2D eigenvalue weighted by Gasteiger charge is 2.34. The number of amides is 1. The number of likely N-dealkylation sites (tertiary alicyclic amines) is 1. The largest absolute Gasteiger partial charge is 0.480 e. The molecule has 0 aromatic heterocycles. The van der Waals surface area contributed by atoms with E-state index in [9.17, 15) is 9.59 Å². The van der Waals surface area contributed by atoms with E-state index in [4.69, 9.17) is 5.11 Å². The molecule has 1 rings (SSSR count). The van der Waals surface area contributed by atoms with E-state index in [0.29, 0.717) is 13.0 Å². The van der Waals surface area contributed by atoms with Gasteiger partial charge in [0, 0.05) is 18.3 Å². The molecule has 0 aliphatic carbocycles. The van der Waals surface area contributed by atoms with Crippen LogP contribution in [0.15, 0.2) is 0 Å². The number of nitrogens with zero attached hydrogens (tertiary/aromatic N) is 1. The summed E-state index contributed by atoms with van der Waals surface area (Å²) < 4.78 is 0. The van der Waals surface area contributed by atoms with Gasteiger partial charge in [-0.25, -0.2) is 4.79 Å². The summed E-state index contributed by atoms with van der Waals surface area (Å²) in [5.41, 5.74) is 0. The van der Waals surface area contributed by atoms with Crippen molar-refractivity contribution in [1.29, 1.82) is 0 Å². The molecule has 1 aliphatic heterocycles. The van der Waals surface area contributed by atoms with E-state index in [-0.39, 0.29) is 11.8 Å². The smallest absolute Gasteiger partial charge is 0.326 e. The van der Waals surface area contributed by atoms with Gasteiger partial charge in [-0.05, 0) is 12.8 Å². The van der Waals surface area contributed by atoms with Crippen molar-refractivity contribution in [2.24, 2.45) is 5.92 Å². The fraction of sp³-hybridized carbons (Fsp3) is 0.750. The Labute approximate surface area is 85.0 Å². The molecule has 13 heavy (non-hydrogen) atoms. The Morgan fingerprint density at radius 2 is 2.46 bits per heavy atom. The van der Waals surface area contributed by atoms with E-state index in [0.717, 1.165) is 5.33 Å². The summed E-state index contributed by atoms with van der Waals surface area (Å²) in [5.74, 6) is -0.739. The van der Waals surface area contributed by atoms with Crippen molar-refractivity contribution in [2.75, 3.05) is 11.9 Å². The zero-order chi connectivity index (χ0) is 10.0. The highest BCUT2D eigenvalue weighted by atomic mass is 79.9. The van der Waals surface area contributed by atoms with Crippen LogP contribution in [0.1, 0.15) is 13.3 Å². The van der Waals surface area contributed by atoms with Gasteiger partial charge in [0.25, 0.3) is 0 Å². The number of halogens is 1. The van der Waals surface area contributed by atoms with Crippen molar-refractivity contribution in [3.05, 3.63) is 0 Å². The molecule has 2 atom stereocenters. The fourth-order valence-electron chi connectivity index (χ4n) is 1.42. The Bertz CT molecular complexity index is 231. The van der Waals surface area contributed by atoms with E-state index < -0.39 is 12.0 Å². The zero-order valence-electron chi connectivity index (χ0n) is 7.36. The molecule has 0 aromatic rings. The van der Waals surface area contributed by atoms with Crippen LogP contribution < -0.4 is 0 Å². The molecule has 1 amide bonds. The van der Waals surface area contributed by atoms with Gasteiger partial charge in [0.1, 0.15) is 6.04 Å². The fourth-order valence-corrected chi connectivity index (χ4v) is 1.85.